The van der Waals surface area contributed by atoms with E-state index < -0.39 is 6.61 Å². The molecular weight excluding hydrogens is 332 g/mol. The molecule has 0 aliphatic rings. The van der Waals surface area contributed by atoms with Crippen molar-refractivity contribution in [2.75, 3.05) is 33.2 Å². The molecule has 6 nitrogen and oxygen atoms in total. The van der Waals surface area contributed by atoms with Crippen molar-refractivity contribution in [1.29, 1.82) is 0 Å². The van der Waals surface area contributed by atoms with Crippen molar-refractivity contribution in [3.05, 3.63) is 29.8 Å². The lowest BCUT2D eigenvalue weighted by Crippen LogP contribution is -2.41. The predicted octanol–water partition coefficient (Wildman–Crippen LogP) is 1.40. The normalized spacial score (nSPS) is 10.8. The van der Waals surface area contributed by atoms with Crippen LogP contribution in [0.1, 0.15) is 18.9 Å². The van der Waals surface area contributed by atoms with Crippen LogP contribution in [0.15, 0.2) is 24.3 Å². The second-order valence-electron chi connectivity index (χ2n) is 5.64. The van der Waals surface area contributed by atoms with Crippen molar-refractivity contribution in [1.82, 2.24) is 15.5 Å². The van der Waals surface area contributed by atoms with E-state index in [4.69, 9.17) is 0 Å². The highest BCUT2D eigenvalue weighted by Crippen LogP contribution is 2.14. The van der Waals surface area contributed by atoms with Crippen molar-refractivity contribution in [3.63, 3.8) is 0 Å². The Morgan fingerprint density at radius 2 is 1.64 bits per heavy atom. The molecule has 0 saturated carbocycles. The standard InChI is InChI=1S/C17H25F2N3O3/c1-3-9-20-15(23)11-22(2)12-16(24)21-10-8-13-4-6-14(7-5-13)25-17(18)19/h4-7,17H,3,8-12H2,1-2H3,(H,20,23)(H,21,24). The minimum atomic E-state index is -2.84. The van der Waals surface area contributed by atoms with Crippen LogP contribution in [0, 0.1) is 0 Å². The van der Waals surface area contributed by atoms with Gasteiger partial charge in [-0.1, -0.05) is 19.1 Å². The average Bonchev–Trinajstić information content (AvgIpc) is 2.53. The van der Waals surface area contributed by atoms with Crippen molar-refractivity contribution < 1.29 is 23.1 Å². The zero-order valence-corrected chi connectivity index (χ0v) is 14.6. The number of nitrogens with one attached hydrogen (secondary N) is 2. The van der Waals surface area contributed by atoms with Crippen LogP contribution < -0.4 is 15.4 Å². The van der Waals surface area contributed by atoms with E-state index >= 15 is 0 Å². The fraction of sp³-hybridized carbons (Fsp3) is 0.529. The molecule has 0 saturated heterocycles. The molecule has 1 rings (SSSR count). The highest BCUT2D eigenvalue weighted by atomic mass is 19.3. The number of hydrogen-bond donors (Lipinski definition) is 2. The number of nitrogens with zero attached hydrogens (tertiary/aromatic N) is 1. The van der Waals surface area contributed by atoms with Gasteiger partial charge in [-0.05, 0) is 37.6 Å². The van der Waals surface area contributed by atoms with Crippen LogP contribution in [-0.2, 0) is 16.0 Å². The molecule has 1 aromatic rings. The van der Waals surface area contributed by atoms with Crippen LogP contribution in [0.5, 0.6) is 5.75 Å². The van der Waals surface area contributed by atoms with E-state index in [1.54, 1.807) is 24.1 Å². The van der Waals surface area contributed by atoms with E-state index in [0.717, 1.165) is 12.0 Å². The fourth-order valence-corrected chi connectivity index (χ4v) is 2.11. The van der Waals surface area contributed by atoms with Gasteiger partial charge in [-0.15, -0.1) is 0 Å². The van der Waals surface area contributed by atoms with Gasteiger partial charge in [0.2, 0.25) is 11.8 Å². The largest absolute Gasteiger partial charge is 0.435 e. The maximum atomic E-state index is 12.1. The molecule has 0 aliphatic heterocycles. The zero-order chi connectivity index (χ0) is 18.7. The van der Waals surface area contributed by atoms with Crippen LogP contribution in [-0.4, -0.2) is 56.6 Å². The molecule has 0 bridgehead atoms. The van der Waals surface area contributed by atoms with Crippen molar-refractivity contribution in [2.24, 2.45) is 0 Å². The molecule has 0 spiro atoms. The summed E-state index contributed by atoms with van der Waals surface area (Å²) in [7, 11) is 1.70. The van der Waals surface area contributed by atoms with Crippen molar-refractivity contribution in [3.8, 4) is 5.75 Å². The molecule has 25 heavy (non-hydrogen) atoms. The van der Waals surface area contributed by atoms with Gasteiger partial charge in [-0.3, -0.25) is 14.5 Å². The summed E-state index contributed by atoms with van der Waals surface area (Å²) in [4.78, 5) is 25.0. The molecule has 8 heteroatoms. The van der Waals surface area contributed by atoms with E-state index in [9.17, 15) is 18.4 Å². The first kappa shape index (κ1) is 20.8. The Labute approximate surface area is 146 Å². The monoisotopic (exact) mass is 357 g/mol. The average molecular weight is 357 g/mol. The van der Waals surface area contributed by atoms with Gasteiger partial charge in [0.05, 0.1) is 13.1 Å². The van der Waals surface area contributed by atoms with Gasteiger partial charge in [0.25, 0.3) is 0 Å². The van der Waals surface area contributed by atoms with Crippen molar-refractivity contribution in [2.45, 2.75) is 26.4 Å². The summed E-state index contributed by atoms with van der Waals surface area (Å²) in [6.45, 7) is 0.464. The number of carbonyl (C=O) groups excluding carboxylic acids is 2. The van der Waals surface area contributed by atoms with Crippen LogP contribution >= 0.6 is 0 Å². The van der Waals surface area contributed by atoms with Crippen LogP contribution in [0.25, 0.3) is 0 Å². The first-order chi connectivity index (χ1) is 11.9. The van der Waals surface area contributed by atoms with E-state index in [1.807, 2.05) is 6.92 Å². The number of alkyl halides is 2. The Bertz CT molecular complexity index is 538. The molecule has 0 atom stereocenters. The summed E-state index contributed by atoms with van der Waals surface area (Å²) in [5, 5.41) is 5.51. The molecule has 0 fully saturated rings. The third-order valence-corrected chi connectivity index (χ3v) is 3.28. The number of halogens is 2. The number of rotatable bonds is 11. The summed E-state index contributed by atoms with van der Waals surface area (Å²) in [5.41, 5.74) is 0.897. The van der Waals surface area contributed by atoms with Gasteiger partial charge >= 0.3 is 6.61 Å². The van der Waals surface area contributed by atoms with E-state index in [1.165, 1.54) is 12.1 Å². The van der Waals surface area contributed by atoms with Crippen LogP contribution in [0.3, 0.4) is 0 Å². The number of benzene rings is 1. The first-order valence-corrected chi connectivity index (χ1v) is 8.16. The van der Waals surface area contributed by atoms with Gasteiger partial charge in [-0.2, -0.15) is 8.78 Å². The Kier molecular flexibility index (Phi) is 9.46. The lowest BCUT2D eigenvalue weighted by atomic mass is 10.1. The minimum absolute atomic E-state index is 0.103. The third kappa shape index (κ3) is 9.61. The highest BCUT2D eigenvalue weighted by molar-refractivity contribution is 5.81. The zero-order valence-electron chi connectivity index (χ0n) is 14.6. The SMILES string of the molecule is CCCNC(=O)CN(C)CC(=O)NCCc1ccc(OC(F)F)cc1. The van der Waals surface area contributed by atoms with Crippen LogP contribution in [0.2, 0.25) is 0 Å². The predicted molar refractivity (Wildman–Crippen MR) is 90.6 cm³/mol. The lowest BCUT2D eigenvalue weighted by Gasteiger charge is -2.16. The summed E-state index contributed by atoms with van der Waals surface area (Å²) >= 11 is 0. The molecule has 2 N–H and O–H groups in total. The smallest absolute Gasteiger partial charge is 0.387 e. The quantitative estimate of drug-likeness (QED) is 0.628. The number of likely N-dealkylation sites (N-methyl/N-ethyl adjacent to an activating group) is 1. The molecule has 1 aromatic carbocycles. The lowest BCUT2D eigenvalue weighted by molar-refractivity contribution is -0.124. The number of hydrogen-bond acceptors (Lipinski definition) is 4. The topological polar surface area (TPSA) is 70.7 Å². The molecule has 0 heterocycles. The van der Waals surface area contributed by atoms with E-state index in [0.29, 0.717) is 19.5 Å². The van der Waals surface area contributed by atoms with Gasteiger partial charge in [0.15, 0.2) is 0 Å². The van der Waals surface area contributed by atoms with Crippen LogP contribution in [0.4, 0.5) is 8.78 Å². The Morgan fingerprint density at radius 1 is 1.08 bits per heavy atom. The van der Waals surface area contributed by atoms with Gasteiger partial charge in [-0.25, -0.2) is 0 Å². The highest BCUT2D eigenvalue weighted by Gasteiger charge is 2.10. The molecule has 140 valence electrons. The molecule has 0 radical (unpaired) electrons. The summed E-state index contributed by atoms with van der Waals surface area (Å²) < 4.78 is 28.4. The summed E-state index contributed by atoms with van der Waals surface area (Å²) in [5.74, 6) is -0.183. The first-order valence-electron chi connectivity index (χ1n) is 8.16. The van der Waals surface area contributed by atoms with Crippen molar-refractivity contribution >= 4 is 11.8 Å². The molecule has 0 aliphatic carbocycles. The minimum Gasteiger partial charge on any atom is -0.435 e. The number of ether oxygens (including phenoxy) is 1. The molecule has 0 aromatic heterocycles. The number of amides is 2. The summed E-state index contributed by atoms with van der Waals surface area (Å²) in [6, 6.07) is 6.28. The Morgan fingerprint density at radius 3 is 2.16 bits per heavy atom. The summed E-state index contributed by atoms with van der Waals surface area (Å²) in [6.07, 6.45) is 1.44. The maximum Gasteiger partial charge on any atom is 0.387 e. The number of carbonyl (C=O) groups is 2. The molecule has 2 amide bonds. The maximum absolute atomic E-state index is 12.1. The third-order valence-electron chi connectivity index (χ3n) is 3.28. The molecular formula is C17H25F2N3O3. The van der Waals surface area contributed by atoms with E-state index in [2.05, 4.69) is 15.4 Å². The van der Waals surface area contributed by atoms with Gasteiger partial charge in [0.1, 0.15) is 5.75 Å². The fourth-order valence-electron chi connectivity index (χ4n) is 2.11. The van der Waals surface area contributed by atoms with E-state index in [-0.39, 0.29) is 30.7 Å². The molecule has 0 unspecified atom stereocenters. The Hall–Kier alpha value is -2.22. The second-order valence-corrected chi connectivity index (χ2v) is 5.64. The van der Waals surface area contributed by atoms with Gasteiger partial charge in [0, 0.05) is 13.1 Å². The second kappa shape index (κ2) is 11.4. The van der Waals surface area contributed by atoms with Gasteiger partial charge < -0.3 is 15.4 Å². The Balaban J connectivity index is 2.24.